The zero-order valence-electron chi connectivity index (χ0n) is 13.5. The Labute approximate surface area is 136 Å². The first-order valence-corrected chi connectivity index (χ1v) is 8.48. The summed E-state index contributed by atoms with van der Waals surface area (Å²) in [6, 6.07) is 17.2. The predicted molar refractivity (Wildman–Crippen MR) is 93.2 cm³/mol. The third kappa shape index (κ3) is 3.02. The van der Waals surface area contributed by atoms with Gasteiger partial charge < -0.3 is 4.42 Å². The molecule has 0 amide bonds. The van der Waals surface area contributed by atoms with Gasteiger partial charge in [-0.25, -0.2) is 4.98 Å². The summed E-state index contributed by atoms with van der Waals surface area (Å²) in [7, 11) is 0. The van der Waals surface area contributed by atoms with Crippen molar-refractivity contribution in [1.82, 2.24) is 9.88 Å². The fraction of sp³-hybridized carbons (Fsp3) is 0.350. The number of aromatic nitrogens is 1. The molecule has 0 aliphatic carbocycles. The van der Waals surface area contributed by atoms with Crippen molar-refractivity contribution in [3.63, 3.8) is 0 Å². The van der Waals surface area contributed by atoms with Gasteiger partial charge in [0.1, 0.15) is 5.52 Å². The van der Waals surface area contributed by atoms with Gasteiger partial charge in [0, 0.05) is 18.2 Å². The molecule has 0 bridgehead atoms. The number of nitrogens with zero attached hydrogens (tertiary/aromatic N) is 2. The van der Waals surface area contributed by atoms with E-state index in [4.69, 9.17) is 4.42 Å². The number of rotatable bonds is 3. The highest BCUT2D eigenvalue weighted by Gasteiger charge is 2.18. The second-order valence-electron chi connectivity index (χ2n) is 6.50. The lowest BCUT2D eigenvalue weighted by Crippen LogP contribution is -2.36. The second-order valence-corrected chi connectivity index (χ2v) is 6.50. The molecule has 2 heterocycles. The van der Waals surface area contributed by atoms with Crippen molar-refractivity contribution in [3.05, 3.63) is 54.1 Å². The molecule has 1 aromatic heterocycles. The molecule has 1 atom stereocenters. The van der Waals surface area contributed by atoms with Gasteiger partial charge in [-0.3, -0.25) is 4.90 Å². The zero-order chi connectivity index (χ0) is 15.6. The van der Waals surface area contributed by atoms with Crippen LogP contribution in [0.3, 0.4) is 0 Å². The summed E-state index contributed by atoms with van der Waals surface area (Å²) in [6.07, 6.45) is 3.99. The summed E-state index contributed by atoms with van der Waals surface area (Å²) < 4.78 is 5.90. The molecule has 0 spiro atoms. The smallest absolute Gasteiger partial charge is 0.227 e. The molecule has 2 aromatic carbocycles. The van der Waals surface area contributed by atoms with Crippen molar-refractivity contribution in [1.29, 1.82) is 0 Å². The van der Waals surface area contributed by atoms with E-state index < -0.39 is 0 Å². The van der Waals surface area contributed by atoms with E-state index in [0.717, 1.165) is 23.2 Å². The van der Waals surface area contributed by atoms with Crippen LogP contribution in [0, 0.1) is 0 Å². The lowest BCUT2D eigenvalue weighted by Gasteiger charge is -2.33. The van der Waals surface area contributed by atoms with Gasteiger partial charge in [0.05, 0.1) is 0 Å². The van der Waals surface area contributed by atoms with Gasteiger partial charge in [-0.05, 0) is 56.1 Å². The molecule has 118 valence electrons. The van der Waals surface area contributed by atoms with Gasteiger partial charge in [0.25, 0.3) is 0 Å². The van der Waals surface area contributed by atoms with Crippen molar-refractivity contribution in [2.75, 3.05) is 6.54 Å². The first-order valence-electron chi connectivity index (χ1n) is 8.48. The number of piperidine rings is 1. The standard InChI is InChI=1S/C20H22N2O/c1-15-7-5-6-12-22(15)14-16-10-11-19-18(13-16)21-20(23-19)17-8-3-2-4-9-17/h2-4,8-11,13,15H,5-7,12,14H2,1H3/t15-/m1/s1. The number of fused-ring (bicyclic) bond motifs is 1. The monoisotopic (exact) mass is 306 g/mol. The Morgan fingerprint density at radius 1 is 1.13 bits per heavy atom. The van der Waals surface area contributed by atoms with E-state index in [1.54, 1.807) is 0 Å². The Bertz CT molecular complexity index is 794. The quantitative estimate of drug-likeness (QED) is 0.691. The second kappa shape index (κ2) is 6.17. The molecule has 0 unspecified atom stereocenters. The summed E-state index contributed by atoms with van der Waals surface area (Å²) >= 11 is 0. The van der Waals surface area contributed by atoms with Crippen LogP contribution in [-0.4, -0.2) is 22.5 Å². The maximum Gasteiger partial charge on any atom is 0.227 e. The predicted octanol–water partition coefficient (Wildman–Crippen LogP) is 4.87. The highest BCUT2D eigenvalue weighted by Crippen LogP contribution is 2.26. The van der Waals surface area contributed by atoms with Crippen molar-refractivity contribution in [3.8, 4) is 11.5 Å². The SMILES string of the molecule is C[C@@H]1CCCCN1Cc1ccc2oc(-c3ccccc3)nc2c1. The van der Waals surface area contributed by atoms with E-state index in [1.165, 1.54) is 31.4 Å². The van der Waals surface area contributed by atoms with Gasteiger partial charge in [-0.15, -0.1) is 0 Å². The molecule has 23 heavy (non-hydrogen) atoms. The van der Waals surface area contributed by atoms with Gasteiger partial charge in [-0.2, -0.15) is 0 Å². The van der Waals surface area contributed by atoms with Crippen molar-refractivity contribution in [2.45, 2.75) is 38.8 Å². The van der Waals surface area contributed by atoms with Gasteiger partial charge in [0.2, 0.25) is 5.89 Å². The van der Waals surface area contributed by atoms with E-state index in [0.29, 0.717) is 11.9 Å². The van der Waals surface area contributed by atoms with Crippen LogP contribution < -0.4 is 0 Å². The molecule has 3 aromatic rings. The maximum atomic E-state index is 5.90. The third-order valence-corrected chi connectivity index (χ3v) is 4.80. The van der Waals surface area contributed by atoms with Crippen LogP contribution in [0.2, 0.25) is 0 Å². The molecule has 1 saturated heterocycles. The molecule has 0 radical (unpaired) electrons. The highest BCUT2D eigenvalue weighted by molar-refractivity contribution is 5.76. The molecule has 1 aliphatic rings. The van der Waals surface area contributed by atoms with Crippen molar-refractivity contribution in [2.24, 2.45) is 0 Å². The molecule has 3 heteroatoms. The zero-order valence-corrected chi connectivity index (χ0v) is 13.5. The topological polar surface area (TPSA) is 29.3 Å². The average Bonchev–Trinajstić information content (AvgIpc) is 3.01. The summed E-state index contributed by atoms with van der Waals surface area (Å²) in [5.74, 6) is 0.698. The highest BCUT2D eigenvalue weighted by atomic mass is 16.3. The summed E-state index contributed by atoms with van der Waals surface area (Å²) in [6.45, 7) is 4.54. The van der Waals surface area contributed by atoms with Crippen molar-refractivity contribution >= 4 is 11.1 Å². The molecule has 4 rings (SSSR count). The molecule has 1 aliphatic heterocycles. The van der Waals surface area contributed by atoms with Crippen LogP contribution in [-0.2, 0) is 6.54 Å². The van der Waals surface area contributed by atoms with Crippen molar-refractivity contribution < 1.29 is 4.42 Å². The van der Waals surface area contributed by atoms with Crippen LogP contribution in [0.4, 0.5) is 0 Å². The van der Waals surface area contributed by atoms with E-state index >= 15 is 0 Å². The van der Waals surface area contributed by atoms with E-state index in [9.17, 15) is 0 Å². The Balaban J connectivity index is 1.60. The van der Waals surface area contributed by atoms with Gasteiger partial charge in [-0.1, -0.05) is 30.7 Å². The normalized spacial score (nSPS) is 19.3. The number of hydrogen-bond donors (Lipinski definition) is 0. The molecule has 1 fully saturated rings. The molecule has 3 nitrogen and oxygen atoms in total. The van der Waals surface area contributed by atoms with Crippen LogP contribution in [0.5, 0.6) is 0 Å². The largest absolute Gasteiger partial charge is 0.436 e. The summed E-state index contributed by atoms with van der Waals surface area (Å²) in [5, 5.41) is 0. The third-order valence-electron chi connectivity index (χ3n) is 4.80. The molecule has 0 saturated carbocycles. The molecular formula is C20H22N2O. The van der Waals surface area contributed by atoms with E-state index in [2.05, 4.69) is 35.0 Å². The van der Waals surface area contributed by atoms with Crippen LogP contribution in [0.1, 0.15) is 31.7 Å². The Hall–Kier alpha value is -2.13. The minimum absolute atomic E-state index is 0.677. The minimum Gasteiger partial charge on any atom is -0.436 e. The first-order chi connectivity index (χ1) is 11.3. The Kier molecular flexibility index (Phi) is 3.88. The first kappa shape index (κ1) is 14.5. The average molecular weight is 306 g/mol. The molecular weight excluding hydrogens is 284 g/mol. The number of oxazole rings is 1. The Morgan fingerprint density at radius 2 is 2.00 bits per heavy atom. The van der Waals surface area contributed by atoms with Crippen LogP contribution >= 0.6 is 0 Å². The van der Waals surface area contributed by atoms with Gasteiger partial charge in [0.15, 0.2) is 5.58 Å². The van der Waals surface area contributed by atoms with Gasteiger partial charge >= 0.3 is 0 Å². The maximum absolute atomic E-state index is 5.90. The number of hydrogen-bond acceptors (Lipinski definition) is 3. The lowest BCUT2D eigenvalue weighted by molar-refractivity contribution is 0.152. The fourth-order valence-electron chi connectivity index (χ4n) is 3.40. The lowest BCUT2D eigenvalue weighted by atomic mass is 10.0. The summed E-state index contributed by atoms with van der Waals surface area (Å²) in [4.78, 5) is 7.24. The fourth-order valence-corrected chi connectivity index (χ4v) is 3.40. The van der Waals surface area contributed by atoms with E-state index in [1.807, 2.05) is 30.3 Å². The minimum atomic E-state index is 0.677. The molecule has 0 N–H and O–H groups in total. The number of likely N-dealkylation sites (tertiary alicyclic amines) is 1. The van der Waals surface area contributed by atoms with Crippen LogP contribution in [0.15, 0.2) is 52.9 Å². The van der Waals surface area contributed by atoms with E-state index in [-0.39, 0.29) is 0 Å². The summed E-state index contributed by atoms with van der Waals surface area (Å²) in [5.41, 5.74) is 4.15. The van der Waals surface area contributed by atoms with Crippen LogP contribution in [0.25, 0.3) is 22.6 Å². The number of benzene rings is 2. The Morgan fingerprint density at radius 3 is 2.83 bits per heavy atom.